The lowest BCUT2D eigenvalue weighted by molar-refractivity contribution is 0.0955. The summed E-state index contributed by atoms with van der Waals surface area (Å²) in [7, 11) is -7.57. The first-order valence-electron chi connectivity index (χ1n) is 5.39. The van der Waals surface area contributed by atoms with Crippen LogP contribution in [-0.4, -0.2) is 41.3 Å². The Morgan fingerprint density at radius 2 is 1.90 bits per heavy atom. The highest BCUT2D eigenvalue weighted by molar-refractivity contribution is 9.10. The number of hydrogen-bond donors (Lipinski definition) is 2. The normalized spacial score (nSPS) is 12.2. The van der Waals surface area contributed by atoms with E-state index in [0.717, 1.165) is 18.4 Å². The van der Waals surface area contributed by atoms with Gasteiger partial charge in [0.15, 0.2) is 0 Å². The summed E-state index contributed by atoms with van der Waals surface area (Å²) >= 11 is 2.93. The number of halogens is 2. The average Bonchev–Trinajstić information content (AvgIpc) is 2.24. The molecule has 0 aliphatic heterocycles. The maximum absolute atomic E-state index is 13.5. The predicted molar refractivity (Wildman–Crippen MR) is 77.5 cm³/mol. The van der Waals surface area contributed by atoms with Crippen molar-refractivity contribution >= 4 is 41.7 Å². The molecule has 0 radical (unpaired) electrons. The second kappa shape index (κ2) is 6.38. The third kappa shape index (κ3) is 5.34. The van der Waals surface area contributed by atoms with Gasteiger partial charge in [-0.2, -0.15) is 0 Å². The summed E-state index contributed by atoms with van der Waals surface area (Å²) in [5, 5.41) is 7.13. The molecule has 0 aliphatic carbocycles. The summed E-state index contributed by atoms with van der Waals surface area (Å²) in [6.45, 7) is -0.161. The maximum atomic E-state index is 13.5. The second-order valence-corrected chi connectivity index (χ2v) is 8.84. The highest BCUT2D eigenvalue weighted by atomic mass is 79.9. The Hall–Kier alpha value is -1.04. The van der Waals surface area contributed by atoms with Gasteiger partial charge >= 0.3 is 0 Å². The molecule has 0 saturated carbocycles. The lowest BCUT2D eigenvalue weighted by atomic mass is 10.2. The zero-order valence-electron chi connectivity index (χ0n) is 10.8. The number of primary sulfonamides is 1. The monoisotopic (exact) mass is 402 g/mol. The van der Waals surface area contributed by atoms with Gasteiger partial charge in [-0.15, -0.1) is 0 Å². The molecule has 118 valence electrons. The number of benzene rings is 1. The Morgan fingerprint density at radius 1 is 1.33 bits per heavy atom. The molecule has 1 aromatic rings. The molecule has 0 bridgehead atoms. The SMILES string of the molecule is CS(=O)(=O)CCNC(=O)c1cc(S(N)(=O)=O)c(F)cc1Br. The molecule has 1 aromatic carbocycles. The molecule has 1 amide bonds. The predicted octanol–water partition coefficient (Wildman–Crippen LogP) is 0.0100. The van der Waals surface area contributed by atoms with E-state index in [-0.39, 0.29) is 22.3 Å². The molecule has 0 aromatic heterocycles. The Labute approximate surface area is 129 Å². The second-order valence-electron chi connectivity index (χ2n) is 4.19. The van der Waals surface area contributed by atoms with E-state index in [0.29, 0.717) is 0 Å². The number of sulfone groups is 1. The number of carbonyl (C=O) groups excluding carboxylic acids is 1. The zero-order valence-corrected chi connectivity index (χ0v) is 14.0. The molecular weight excluding hydrogens is 391 g/mol. The van der Waals surface area contributed by atoms with Crippen molar-refractivity contribution in [3.63, 3.8) is 0 Å². The maximum Gasteiger partial charge on any atom is 0.252 e. The largest absolute Gasteiger partial charge is 0.351 e. The van der Waals surface area contributed by atoms with Crippen LogP contribution in [0.4, 0.5) is 4.39 Å². The standard InChI is InChI=1S/C10H12BrFN2O5S2/c1-20(16,17)3-2-14-10(15)6-4-9(21(13,18)19)8(12)5-7(6)11/h4-5H,2-3H2,1H3,(H,14,15)(H2,13,18,19). The third-order valence-corrected chi connectivity index (χ3v) is 4.86. The molecule has 0 aliphatic rings. The Kier molecular flexibility index (Phi) is 5.47. The van der Waals surface area contributed by atoms with Crippen LogP contribution >= 0.6 is 15.9 Å². The van der Waals surface area contributed by atoms with Crippen LogP contribution in [0.5, 0.6) is 0 Å². The minimum atomic E-state index is -4.32. The number of sulfonamides is 1. The molecule has 11 heteroatoms. The fourth-order valence-corrected chi connectivity index (χ4v) is 2.95. The van der Waals surface area contributed by atoms with Crippen LogP contribution in [0.25, 0.3) is 0 Å². The van der Waals surface area contributed by atoms with E-state index in [9.17, 15) is 26.0 Å². The lowest BCUT2D eigenvalue weighted by Gasteiger charge is -2.09. The van der Waals surface area contributed by atoms with Gasteiger partial charge in [-0.05, 0) is 28.1 Å². The summed E-state index contributed by atoms with van der Waals surface area (Å²) in [4.78, 5) is 11.0. The molecule has 0 heterocycles. The van der Waals surface area contributed by atoms with Gasteiger partial charge in [0.05, 0.1) is 11.3 Å². The Balaban J connectivity index is 3.05. The van der Waals surface area contributed by atoms with Gasteiger partial charge in [0, 0.05) is 17.3 Å². The lowest BCUT2D eigenvalue weighted by Crippen LogP contribution is -2.29. The van der Waals surface area contributed by atoms with E-state index in [4.69, 9.17) is 5.14 Å². The van der Waals surface area contributed by atoms with Crippen molar-refractivity contribution in [2.45, 2.75) is 4.90 Å². The van der Waals surface area contributed by atoms with Gasteiger partial charge in [0.1, 0.15) is 20.5 Å². The molecule has 7 nitrogen and oxygen atoms in total. The highest BCUT2D eigenvalue weighted by Gasteiger charge is 2.20. The van der Waals surface area contributed by atoms with Crippen LogP contribution in [0.2, 0.25) is 0 Å². The smallest absolute Gasteiger partial charge is 0.252 e. The number of rotatable bonds is 5. The summed E-state index contributed by atoms with van der Waals surface area (Å²) in [6.07, 6.45) is 1.01. The molecule has 0 atom stereocenters. The van der Waals surface area contributed by atoms with Crippen molar-refractivity contribution in [3.8, 4) is 0 Å². The van der Waals surface area contributed by atoms with Crippen molar-refractivity contribution in [2.24, 2.45) is 5.14 Å². The van der Waals surface area contributed by atoms with Crippen molar-refractivity contribution < 1.29 is 26.0 Å². The number of hydrogen-bond acceptors (Lipinski definition) is 5. The number of nitrogens with one attached hydrogen (secondary N) is 1. The fourth-order valence-electron chi connectivity index (χ4n) is 1.37. The first-order valence-corrected chi connectivity index (χ1v) is 9.79. The summed E-state index contributed by atoms with van der Waals surface area (Å²) in [5.74, 6) is -2.13. The van der Waals surface area contributed by atoms with Gasteiger partial charge in [0.25, 0.3) is 5.91 Å². The summed E-state index contributed by atoms with van der Waals surface area (Å²) in [5.41, 5.74) is -0.172. The fraction of sp³-hybridized carbons (Fsp3) is 0.300. The van der Waals surface area contributed by atoms with Crippen LogP contribution in [0.15, 0.2) is 21.5 Å². The van der Waals surface area contributed by atoms with Crippen molar-refractivity contribution in [1.29, 1.82) is 0 Å². The van der Waals surface area contributed by atoms with Crippen LogP contribution < -0.4 is 10.5 Å². The van der Waals surface area contributed by atoms with Crippen LogP contribution in [0.3, 0.4) is 0 Å². The van der Waals surface area contributed by atoms with Gasteiger partial charge in [-0.25, -0.2) is 26.4 Å². The molecule has 3 N–H and O–H groups in total. The quantitative estimate of drug-likeness (QED) is 0.717. The first kappa shape index (κ1) is 18.0. The number of carbonyl (C=O) groups is 1. The van der Waals surface area contributed by atoms with Crippen molar-refractivity contribution in [2.75, 3.05) is 18.6 Å². The van der Waals surface area contributed by atoms with Gasteiger partial charge in [-0.3, -0.25) is 4.79 Å². The zero-order chi connectivity index (χ0) is 16.4. The van der Waals surface area contributed by atoms with Crippen LogP contribution in [-0.2, 0) is 19.9 Å². The van der Waals surface area contributed by atoms with E-state index < -0.39 is 36.5 Å². The molecule has 0 fully saturated rings. The van der Waals surface area contributed by atoms with E-state index in [1.807, 2.05) is 0 Å². The number of nitrogens with two attached hydrogens (primary N) is 1. The Morgan fingerprint density at radius 3 is 2.38 bits per heavy atom. The minimum absolute atomic E-state index is 0.0178. The molecule has 21 heavy (non-hydrogen) atoms. The Bertz CT molecular complexity index is 777. The number of amides is 1. The van der Waals surface area contributed by atoms with E-state index >= 15 is 0 Å². The molecule has 1 rings (SSSR count). The molecule has 0 spiro atoms. The van der Waals surface area contributed by atoms with Gasteiger partial charge in [-0.1, -0.05) is 0 Å². The van der Waals surface area contributed by atoms with Crippen LogP contribution in [0, 0.1) is 5.82 Å². The third-order valence-electron chi connectivity index (χ3n) is 2.33. The van der Waals surface area contributed by atoms with Gasteiger partial charge < -0.3 is 5.32 Å². The molecule has 0 saturated heterocycles. The van der Waals surface area contributed by atoms with E-state index in [1.165, 1.54) is 0 Å². The highest BCUT2D eigenvalue weighted by Crippen LogP contribution is 2.23. The van der Waals surface area contributed by atoms with Crippen LogP contribution in [0.1, 0.15) is 10.4 Å². The van der Waals surface area contributed by atoms with Crippen molar-refractivity contribution in [3.05, 3.63) is 28.0 Å². The molecular formula is C10H12BrFN2O5S2. The molecule has 0 unspecified atom stereocenters. The summed E-state index contributed by atoms with van der Waals surface area (Å²) < 4.78 is 57.8. The minimum Gasteiger partial charge on any atom is -0.351 e. The van der Waals surface area contributed by atoms with E-state index in [1.54, 1.807) is 0 Å². The van der Waals surface area contributed by atoms with Gasteiger partial charge in [0.2, 0.25) is 10.0 Å². The average molecular weight is 403 g/mol. The van der Waals surface area contributed by atoms with Crippen molar-refractivity contribution in [1.82, 2.24) is 5.32 Å². The first-order chi connectivity index (χ1) is 9.42. The van der Waals surface area contributed by atoms with E-state index in [2.05, 4.69) is 21.2 Å². The topological polar surface area (TPSA) is 123 Å². The summed E-state index contributed by atoms with van der Waals surface area (Å²) in [6, 6.07) is 1.58.